The van der Waals surface area contributed by atoms with Gasteiger partial charge in [0.05, 0.1) is 5.92 Å². The van der Waals surface area contributed by atoms with E-state index in [-0.39, 0.29) is 18.4 Å². The highest BCUT2D eigenvalue weighted by molar-refractivity contribution is 5.79. The van der Waals surface area contributed by atoms with Gasteiger partial charge in [-0.25, -0.2) is 0 Å². The molecule has 1 rings (SSSR count). The molecule has 1 amide bonds. The molecule has 0 radical (unpaired) electrons. The SMILES string of the molecule is O=C(NCCCCCO)C1CNC1. The number of aliphatic hydroxyl groups excluding tert-OH is 1. The van der Waals surface area contributed by atoms with Crippen molar-refractivity contribution in [2.45, 2.75) is 19.3 Å². The van der Waals surface area contributed by atoms with E-state index in [4.69, 9.17) is 5.11 Å². The van der Waals surface area contributed by atoms with Gasteiger partial charge in [-0.3, -0.25) is 4.79 Å². The first-order valence-electron chi connectivity index (χ1n) is 4.94. The summed E-state index contributed by atoms with van der Waals surface area (Å²) in [7, 11) is 0. The lowest BCUT2D eigenvalue weighted by Crippen LogP contribution is -2.50. The minimum Gasteiger partial charge on any atom is -0.396 e. The van der Waals surface area contributed by atoms with E-state index in [0.29, 0.717) is 0 Å². The molecule has 0 aliphatic carbocycles. The number of amides is 1. The van der Waals surface area contributed by atoms with Gasteiger partial charge in [-0.1, -0.05) is 0 Å². The number of rotatable bonds is 6. The van der Waals surface area contributed by atoms with E-state index >= 15 is 0 Å². The van der Waals surface area contributed by atoms with Crippen molar-refractivity contribution in [1.29, 1.82) is 0 Å². The fourth-order valence-corrected chi connectivity index (χ4v) is 1.24. The third-order valence-electron chi connectivity index (χ3n) is 2.29. The third-order valence-corrected chi connectivity index (χ3v) is 2.29. The summed E-state index contributed by atoms with van der Waals surface area (Å²) < 4.78 is 0. The molecule has 0 saturated carbocycles. The van der Waals surface area contributed by atoms with Gasteiger partial charge in [0.15, 0.2) is 0 Å². The number of aliphatic hydroxyl groups is 1. The lowest BCUT2D eigenvalue weighted by atomic mass is 10.0. The quantitative estimate of drug-likeness (QED) is 0.489. The number of hydrogen-bond acceptors (Lipinski definition) is 3. The van der Waals surface area contributed by atoms with Crippen LogP contribution in [-0.4, -0.2) is 37.3 Å². The Morgan fingerprint density at radius 3 is 2.69 bits per heavy atom. The topological polar surface area (TPSA) is 61.4 Å². The molecule has 4 heteroatoms. The Bertz CT molecular complexity index is 158. The maximum absolute atomic E-state index is 11.3. The van der Waals surface area contributed by atoms with E-state index in [2.05, 4.69) is 10.6 Å². The molecular weight excluding hydrogens is 168 g/mol. The average molecular weight is 186 g/mol. The molecule has 0 aromatic rings. The van der Waals surface area contributed by atoms with Gasteiger partial charge >= 0.3 is 0 Å². The molecule has 1 saturated heterocycles. The van der Waals surface area contributed by atoms with Gasteiger partial charge in [0.2, 0.25) is 5.91 Å². The molecule has 76 valence electrons. The van der Waals surface area contributed by atoms with Crippen molar-refractivity contribution in [2.75, 3.05) is 26.2 Å². The van der Waals surface area contributed by atoms with Crippen molar-refractivity contribution < 1.29 is 9.90 Å². The van der Waals surface area contributed by atoms with E-state index in [9.17, 15) is 4.79 Å². The van der Waals surface area contributed by atoms with Gasteiger partial charge in [0.25, 0.3) is 0 Å². The largest absolute Gasteiger partial charge is 0.396 e. The van der Waals surface area contributed by atoms with Crippen LogP contribution in [0, 0.1) is 5.92 Å². The van der Waals surface area contributed by atoms with Crippen LogP contribution >= 0.6 is 0 Å². The summed E-state index contributed by atoms with van der Waals surface area (Å²) in [6.45, 7) is 2.64. The van der Waals surface area contributed by atoms with Gasteiger partial charge in [-0.05, 0) is 19.3 Å². The lowest BCUT2D eigenvalue weighted by Gasteiger charge is -2.25. The molecule has 0 bridgehead atoms. The molecule has 0 spiro atoms. The van der Waals surface area contributed by atoms with Crippen LogP contribution < -0.4 is 10.6 Å². The maximum Gasteiger partial charge on any atom is 0.225 e. The normalized spacial score (nSPS) is 16.7. The Balaban J connectivity index is 1.89. The smallest absolute Gasteiger partial charge is 0.225 e. The molecule has 1 aliphatic heterocycles. The first-order valence-corrected chi connectivity index (χ1v) is 4.94. The van der Waals surface area contributed by atoms with Crippen LogP contribution in [0.1, 0.15) is 19.3 Å². The van der Waals surface area contributed by atoms with Crippen LogP contribution in [0.5, 0.6) is 0 Å². The second-order valence-corrected chi connectivity index (χ2v) is 3.43. The summed E-state index contributed by atoms with van der Waals surface area (Å²) in [6.07, 6.45) is 2.78. The van der Waals surface area contributed by atoms with Crippen molar-refractivity contribution in [3.05, 3.63) is 0 Å². The summed E-state index contributed by atoms with van der Waals surface area (Å²) in [5.41, 5.74) is 0. The fourth-order valence-electron chi connectivity index (χ4n) is 1.24. The van der Waals surface area contributed by atoms with Gasteiger partial charge in [0, 0.05) is 26.2 Å². The van der Waals surface area contributed by atoms with Crippen molar-refractivity contribution in [1.82, 2.24) is 10.6 Å². The van der Waals surface area contributed by atoms with Crippen LogP contribution in [0.2, 0.25) is 0 Å². The van der Waals surface area contributed by atoms with Crippen LogP contribution in [0.4, 0.5) is 0 Å². The standard InChI is InChI=1S/C9H18N2O2/c12-5-3-1-2-4-11-9(13)8-6-10-7-8/h8,10,12H,1-7H2,(H,11,13). The summed E-state index contributed by atoms with van der Waals surface area (Å²) in [6, 6.07) is 0. The van der Waals surface area contributed by atoms with Crippen molar-refractivity contribution in [3.8, 4) is 0 Å². The van der Waals surface area contributed by atoms with Gasteiger partial charge in [0.1, 0.15) is 0 Å². The number of hydrogen-bond donors (Lipinski definition) is 3. The molecule has 4 nitrogen and oxygen atoms in total. The van der Waals surface area contributed by atoms with E-state index in [1.165, 1.54) is 0 Å². The Morgan fingerprint density at radius 2 is 2.15 bits per heavy atom. The predicted molar refractivity (Wildman–Crippen MR) is 50.3 cm³/mol. The molecule has 13 heavy (non-hydrogen) atoms. The molecule has 1 heterocycles. The Hall–Kier alpha value is -0.610. The fraction of sp³-hybridized carbons (Fsp3) is 0.889. The number of nitrogens with one attached hydrogen (secondary N) is 2. The predicted octanol–water partition coefficient (Wildman–Crippen LogP) is -0.515. The van der Waals surface area contributed by atoms with Crippen LogP contribution in [0.15, 0.2) is 0 Å². The van der Waals surface area contributed by atoms with Crippen LogP contribution in [0.3, 0.4) is 0 Å². The Labute approximate surface area is 78.7 Å². The minimum absolute atomic E-state index is 0.169. The lowest BCUT2D eigenvalue weighted by molar-refractivity contribution is -0.126. The van der Waals surface area contributed by atoms with Crippen molar-refractivity contribution >= 4 is 5.91 Å². The average Bonchev–Trinajstić information content (AvgIpc) is 2.01. The van der Waals surface area contributed by atoms with Crippen molar-refractivity contribution in [3.63, 3.8) is 0 Å². The number of unbranched alkanes of at least 4 members (excludes halogenated alkanes) is 2. The highest BCUT2D eigenvalue weighted by atomic mass is 16.2. The molecular formula is C9H18N2O2. The molecule has 0 aromatic carbocycles. The second kappa shape index (κ2) is 5.94. The van der Waals surface area contributed by atoms with E-state index in [0.717, 1.165) is 38.9 Å². The maximum atomic E-state index is 11.3. The van der Waals surface area contributed by atoms with Crippen LogP contribution in [-0.2, 0) is 4.79 Å². The molecule has 0 aromatic heterocycles. The van der Waals surface area contributed by atoms with Crippen molar-refractivity contribution in [2.24, 2.45) is 5.92 Å². The van der Waals surface area contributed by atoms with Gasteiger partial charge in [-0.15, -0.1) is 0 Å². The summed E-state index contributed by atoms with van der Waals surface area (Å²) in [4.78, 5) is 11.3. The minimum atomic E-state index is 0.169. The zero-order valence-electron chi connectivity index (χ0n) is 7.88. The zero-order chi connectivity index (χ0) is 9.52. The third kappa shape index (κ3) is 3.74. The Morgan fingerprint density at radius 1 is 1.38 bits per heavy atom. The van der Waals surface area contributed by atoms with E-state index in [1.807, 2.05) is 0 Å². The van der Waals surface area contributed by atoms with E-state index < -0.39 is 0 Å². The highest BCUT2D eigenvalue weighted by Gasteiger charge is 2.23. The number of carbonyl (C=O) groups excluding carboxylic acids is 1. The zero-order valence-corrected chi connectivity index (χ0v) is 7.88. The molecule has 0 atom stereocenters. The Kier molecular flexibility index (Phi) is 4.78. The van der Waals surface area contributed by atoms with Gasteiger partial charge < -0.3 is 15.7 Å². The first kappa shape index (κ1) is 10.5. The monoisotopic (exact) mass is 186 g/mol. The number of carbonyl (C=O) groups is 1. The van der Waals surface area contributed by atoms with Crippen LogP contribution in [0.25, 0.3) is 0 Å². The molecule has 1 fully saturated rings. The summed E-state index contributed by atoms with van der Waals surface area (Å²) in [5, 5.41) is 14.5. The molecule has 3 N–H and O–H groups in total. The molecule has 0 unspecified atom stereocenters. The van der Waals surface area contributed by atoms with Gasteiger partial charge in [-0.2, -0.15) is 0 Å². The molecule has 1 aliphatic rings. The highest BCUT2D eigenvalue weighted by Crippen LogP contribution is 2.02. The second-order valence-electron chi connectivity index (χ2n) is 3.43. The summed E-state index contributed by atoms with van der Waals surface area (Å²) >= 11 is 0. The summed E-state index contributed by atoms with van der Waals surface area (Å²) in [5.74, 6) is 0.362. The van der Waals surface area contributed by atoms with E-state index in [1.54, 1.807) is 0 Å². The first-order chi connectivity index (χ1) is 6.34.